The first-order valence-corrected chi connectivity index (χ1v) is 8.65. The summed E-state index contributed by atoms with van der Waals surface area (Å²) in [5.41, 5.74) is 0.542. The van der Waals surface area contributed by atoms with Gasteiger partial charge in [0.2, 0.25) is 0 Å². The third-order valence-corrected chi connectivity index (χ3v) is 6.06. The van der Waals surface area contributed by atoms with E-state index in [0.29, 0.717) is 12.0 Å². The highest BCUT2D eigenvalue weighted by molar-refractivity contribution is 5.56. The van der Waals surface area contributed by atoms with E-state index in [-0.39, 0.29) is 36.4 Å². The lowest BCUT2D eigenvalue weighted by molar-refractivity contribution is -0.140. The summed E-state index contributed by atoms with van der Waals surface area (Å²) in [5, 5.41) is 9.70. The van der Waals surface area contributed by atoms with Crippen molar-refractivity contribution in [3.63, 3.8) is 0 Å². The summed E-state index contributed by atoms with van der Waals surface area (Å²) < 4.78 is 12.3. The molecule has 0 amide bonds. The molecule has 124 valence electrons. The van der Waals surface area contributed by atoms with Crippen molar-refractivity contribution in [2.75, 3.05) is 6.61 Å². The van der Waals surface area contributed by atoms with Crippen molar-refractivity contribution in [3.8, 4) is 0 Å². The van der Waals surface area contributed by atoms with E-state index >= 15 is 0 Å². The number of aliphatic hydroxyl groups is 1. The first-order valence-electron chi connectivity index (χ1n) is 8.65. The van der Waals surface area contributed by atoms with Crippen LogP contribution in [0.1, 0.15) is 52.9 Å². The monoisotopic (exact) mass is 308 g/mol. The third-order valence-electron chi connectivity index (χ3n) is 6.06. The molecule has 0 aromatic carbocycles. The molecule has 3 aliphatic rings. The molecule has 0 aromatic rings. The van der Waals surface area contributed by atoms with Crippen LogP contribution < -0.4 is 0 Å². The molecule has 0 radical (unpaired) electrons. The second-order valence-corrected chi connectivity index (χ2v) is 7.89. The standard InChI is InChI=1S/C18H28O4/c1-11(2)12-4-6-18(3,7-5-12)22-17-14(10-20)16-13(9-19)8-15(17)21-16/h11-12,14-17,20H,4-8,10H2,1-3H3. The minimum atomic E-state index is -0.284. The Bertz CT molecular complexity index is 458. The summed E-state index contributed by atoms with van der Waals surface area (Å²) in [6.45, 7) is 6.79. The molecule has 1 saturated carbocycles. The number of rotatable bonds is 4. The van der Waals surface area contributed by atoms with Crippen molar-refractivity contribution in [1.82, 2.24) is 0 Å². The zero-order valence-corrected chi connectivity index (χ0v) is 13.9. The van der Waals surface area contributed by atoms with Crippen LogP contribution in [0.5, 0.6) is 0 Å². The molecule has 2 bridgehead atoms. The summed E-state index contributed by atoms with van der Waals surface area (Å²) in [4.78, 5) is 11.0. The van der Waals surface area contributed by atoms with Gasteiger partial charge >= 0.3 is 0 Å². The van der Waals surface area contributed by atoms with Crippen molar-refractivity contribution in [3.05, 3.63) is 5.57 Å². The van der Waals surface area contributed by atoms with Crippen LogP contribution in [0.3, 0.4) is 0 Å². The van der Waals surface area contributed by atoms with Gasteiger partial charge in [0.1, 0.15) is 5.94 Å². The number of fused-ring (bicyclic) bond motifs is 2. The molecule has 4 atom stereocenters. The second kappa shape index (κ2) is 6.09. The SMILES string of the molecule is CC(C)C1CCC(C)(OC2C3CC(=C=O)C(O3)C2CO)CC1. The van der Waals surface area contributed by atoms with Crippen LogP contribution in [0.4, 0.5) is 0 Å². The van der Waals surface area contributed by atoms with E-state index in [0.717, 1.165) is 24.7 Å². The molecule has 0 spiro atoms. The maximum Gasteiger partial charge on any atom is 0.126 e. The van der Waals surface area contributed by atoms with Gasteiger partial charge in [-0.1, -0.05) is 13.8 Å². The fraction of sp³-hybridized carbons (Fsp3) is 0.889. The highest BCUT2D eigenvalue weighted by Gasteiger charge is 2.54. The molecular formula is C18H28O4. The summed E-state index contributed by atoms with van der Waals surface area (Å²) >= 11 is 0. The highest BCUT2D eigenvalue weighted by Crippen LogP contribution is 2.47. The Kier molecular flexibility index (Phi) is 4.48. The molecule has 22 heavy (non-hydrogen) atoms. The number of hydrogen-bond donors (Lipinski definition) is 1. The van der Waals surface area contributed by atoms with Gasteiger partial charge in [0.05, 0.1) is 30.5 Å². The molecule has 1 aliphatic carbocycles. The van der Waals surface area contributed by atoms with Gasteiger partial charge in [0.25, 0.3) is 0 Å². The van der Waals surface area contributed by atoms with Crippen LogP contribution in [0, 0.1) is 17.8 Å². The average molecular weight is 308 g/mol. The largest absolute Gasteiger partial charge is 0.396 e. The lowest BCUT2D eigenvalue weighted by Gasteiger charge is -2.42. The molecule has 2 saturated heterocycles. The van der Waals surface area contributed by atoms with E-state index in [1.165, 1.54) is 12.8 Å². The molecule has 3 fully saturated rings. The zero-order chi connectivity index (χ0) is 15.9. The Labute approximate surface area is 132 Å². The van der Waals surface area contributed by atoms with E-state index in [2.05, 4.69) is 20.8 Å². The van der Waals surface area contributed by atoms with Gasteiger partial charge in [0, 0.05) is 17.9 Å². The van der Waals surface area contributed by atoms with Crippen LogP contribution >= 0.6 is 0 Å². The van der Waals surface area contributed by atoms with Gasteiger partial charge in [-0.2, -0.15) is 0 Å². The Morgan fingerprint density at radius 3 is 2.64 bits per heavy atom. The summed E-state index contributed by atoms with van der Waals surface area (Å²) in [6, 6.07) is 0. The number of carbonyl (C=O) groups excluding carboxylic acids is 1. The van der Waals surface area contributed by atoms with Crippen molar-refractivity contribution in [2.24, 2.45) is 17.8 Å². The second-order valence-electron chi connectivity index (χ2n) is 7.89. The van der Waals surface area contributed by atoms with Crippen LogP contribution in [-0.4, -0.2) is 41.6 Å². The Morgan fingerprint density at radius 2 is 2.09 bits per heavy atom. The van der Waals surface area contributed by atoms with Gasteiger partial charge < -0.3 is 14.6 Å². The van der Waals surface area contributed by atoms with Crippen molar-refractivity contribution in [2.45, 2.75) is 76.8 Å². The van der Waals surface area contributed by atoms with Gasteiger partial charge in [0.15, 0.2) is 0 Å². The first kappa shape index (κ1) is 16.2. The lowest BCUT2D eigenvalue weighted by Crippen LogP contribution is -2.46. The van der Waals surface area contributed by atoms with Crippen molar-refractivity contribution >= 4 is 5.94 Å². The smallest absolute Gasteiger partial charge is 0.126 e. The highest BCUT2D eigenvalue weighted by atomic mass is 16.6. The molecular weight excluding hydrogens is 280 g/mol. The van der Waals surface area contributed by atoms with Gasteiger partial charge in [-0.25, -0.2) is 4.79 Å². The number of aliphatic hydroxyl groups excluding tert-OH is 1. The van der Waals surface area contributed by atoms with Crippen molar-refractivity contribution < 1.29 is 19.4 Å². The normalized spacial score (nSPS) is 44.6. The Hall–Kier alpha value is -0.670. The van der Waals surface area contributed by atoms with E-state index in [1.54, 1.807) is 0 Å². The van der Waals surface area contributed by atoms with E-state index in [1.807, 2.05) is 5.94 Å². The van der Waals surface area contributed by atoms with Crippen LogP contribution in [-0.2, 0) is 14.3 Å². The minimum absolute atomic E-state index is 0.00170. The molecule has 2 heterocycles. The molecule has 2 aliphatic heterocycles. The molecule has 3 rings (SSSR count). The topological polar surface area (TPSA) is 55.8 Å². The van der Waals surface area contributed by atoms with E-state index < -0.39 is 0 Å². The van der Waals surface area contributed by atoms with Crippen LogP contribution in [0.25, 0.3) is 0 Å². The quantitative estimate of drug-likeness (QED) is 0.811. The fourth-order valence-electron chi connectivity index (χ4n) is 4.48. The van der Waals surface area contributed by atoms with Gasteiger partial charge in [-0.3, -0.25) is 0 Å². The Morgan fingerprint density at radius 1 is 1.41 bits per heavy atom. The van der Waals surface area contributed by atoms with Crippen LogP contribution in [0.15, 0.2) is 5.57 Å². The Balaban J connectivity index is 1.65. The average Bonchev–Trinajstić information content (AvgIpc) is 3.05. The fourth-order valence-corrected chi connectivity index (χ4v) is 4.48. The van der Waals surface area contributed by atoms with E-state index in [4.69, 9.17) is 9.47 Å². The molecule has 0 aromatic heterocycles. The first-order chi connectivity index (χ1) is 10.5. The lowest BCUT2D eigenvalue weighted by atomic mass is 9.74. The van der Waals surface area contributed by atoms with Crippen LogP contribution in [0.2, 0.25) is 0 Å². The maximum absolute atomic E-state index is 11.0. The number of hydrogen-bond acceptors (Lipinski definition) is 4. The number of ether oxygens (including phenoxy) is 2. The minimum Gasteiger partial charge on any atom is -0.396 e. The van der Waals surface area contributed by atoms with Crippen molar-refractivity contribution in [1.29, 1.82) is 0 Å². The maximum atomic E-state index is 11.0. The molecule has 4 nitrogen and oxygen atoms in total. The molecule has 4 unspecified atom stereocenters. The third kappa shape index (κ3) is 2.78. The summed E-state index contributed by atoms with van der Waals surface area (Å²) in [6.07, 6.45) is 4.70. The predicted octanol–water partition coefficient (Wildman–Crippen LogP) is 2.51. The van der Waals surface area contributed by atoms with E-state index in [9.17, 15) is 9.90 Å². The molecule has 4 heteroatoms. The van der Waals surface area contributed by atoms with Gasteiger partial charge in [-0.15, -0.1) is 0 Å². The summed E-state index contributed by atoms with van der Waals surface area (Å²) in [5.74, 6) is 3.41. The zero-order valence-electron chi connectivity index (χ0n) is 13.9. The predicted molar refractivity (Wildman–Crippen MR) is 83.1 cm³/mol. The summed E-state index contributed by atoms with van der Waals surface area (Å²) in [7, 11) is 0. The van der Waals surface area contributed by atoms with Gasteiger partial charge in [-0.05, 0) is 44.4 Å². The molecule has 1 N–H and O–H groups in total.